The van der Waals surface area contributed by atoms with E-state index >= 15 is 0 Å². The van der Waals surface area contributed by atoms with E-state index in [4.69, 9.17) is 47.4 Å². The molecule has 1 aromatic rings. The molecule has 0 unspecified atom stereocenters. The van der Waals surface area contributed by atoms with Crippen molar-refractivity contribution in [1.29, 1.82) is 0 Å². The lowest BCUT2D eigenvalue weighted by Crippen LogP contribution is -2.69. The molecule has 4 fully saturated rings. The summed E-state index contributed by atoms with van der Waals surface area (Å²) in [4.78, 5) is 23.8. The average Bonchev–Trinajstić information content (AvgIpc) is 3.20. The highest BCUT2D eigenvalue weighted by Crippen LogP contribution is 2.42. The molecule has 45 heavy (non-hydrogen) atoms. The van der Waals surface area contributed by atoms with Gasteiger partial charge < -0.3 is 62.7 Å². The van der Waals surface area contributed by atoms with Gasteiger partial charge in [-0.3, -0.25) is 4.79 Å². The fourth-order valence-electron chi connectivity index (χ4n) is 5.52. The number of hydrogen-bond donors (Lipinski definition) is 3. The normalized spacial score (nSPS) is 37.3. The van der Waals surface area contributed by atoms with Crippen molar-refractivity contribution in [3.05, 3.63) is 29.8 Å². The van der Waals surface area contributed by atoms with Gasteiger partial charge in [-0.2, -0.15) is 0 Å². The summed E-state index contributed by atoms with van der Waals surface area (Å²) in [6.07, 6.45) is -7.01. The summed E-state index contributed by atoms with van der Waals surface area (Å²) in [6.45, 7) is 7.17. The second-order valence-corrected chi connectivity index (χ2v) is 12.1. The minimum atomic E-state index is -1.97. The number of hydrogen-bond acceptors (Lipinski definition) is 15. The molecule has 0 aliphatic carbocycles. The fourth-order valence-corrected chi connectivity index (χ4v) is 5.52. The van der Waals surface area contributed by atoms with Crippen molar-refractivity contribution in [2.75, 3.05) is 26.9 Å². The molecule has 15 heteroatoms. The third kappa shape index (κ3) is 7.33. The Morgan fingerprint density at radius 2 is 1.67 bits per heavy atom. The Labute approximate surface area is 259 Å². The van der Waals surface area contributed by atoms with E-state index in [1.807, 2.05) is 0 Å². The number of rotatable bonds is 6. The monoisotopic (exact) mass is 640 g/mol. The van der Waals surface area contributed by atoms with Gasteiger partial charge in [0.1, 0.15) is 55.9 Å². The number of carbonyl (C=O) groups is 2. The number of fused-ring (bicyclic) bond motifs is 2. The van der Waals surface area contributed by atoms with Gasteiger partial charge in [-0.05, 0) is 51.5 Å². The molecule has 1 spiro atoms. The first-order valence-electron chi connectivity index (χ1n) is 14.5. The molecule has 3 N–H and O–H groups in total. The first-order chi connectivity index (χ1) is 21.1. The number of aliphatic hydroxyl groups excluding tert-OH is 3. The van der Waals surface area contributed by atoms with E-state index in [0.29, 0.717) is 5.56 Å². The summed E-state index contributed by atoms with van der Waals surface area (Å²) in [7, 11) is 1.41. The number of ether oxygens (including phenoxy) is 10. The van der Waals surface area contributed by atoms with Gasteiger partial charge in [0.15, 0.2) is 29.4 Å². The maximum atomic E-state index is 12.5. The van der Waals surface area contributed by atoms with Gasteiger partial charge in [-0.1, -0.05) is 6.07 Å². The largest absolute Gasteiger partial charge is 0.493 e. The molecule has 0 bridgehead atoms. The fraction of sp³-hybridized carbons (Fsp3) is 0.667. The SMILES string of the molecule is COc1cc(/C=C/C(=O)OC[C@H]2O[C@]3(COC(C)(C)O[C@H]4[C@H](O[C@@H]5COC(C)(C)O[C@H]5[C@@H]4O)O3)[C@@H](O)[C@@H]2O)ccc1OC(C)=O. The van der Waals surface area contributed by atoms with Crippen molar-refractivity contribution in [3.8, 4) is 11.5 Å². The molecule has 4 saturated heterocycles. The van der Waals surface area contributed by atoms with Crippen molar-refractivity contribution >= 4 is 18.0 Å². The highest BCUT2D eigenvalue weighted by molar-refractivity contribution is 5.87. The summed E-state index contributed by atoms with van der Waals surface area (Å²) in [5.41, 5.74) is 0.555. The molecule has 4 aliphatic rings. The summed E-state index contributed by atoms with van der Waals surface area (Å²) in [5, 5.41) is 33.3. The first kappa shape index (κ1) is 33.7. The molecule has 5 rings (SSSR count). The van der Waals surface area contributed by atoms with E-state index in [1.54, 1.807) is 39.8 Å². The van der Waals surface area contributed by atoms with Crippen molar-refractivity contribution in [2.45, 2.75) is 101 Å². The van der Waals surface area contributed by atoms with Crippen LogP contribution in [-0.2, 0) is 47.5 Å². The standard InChI is InChI=1S/C30H40O15/c1-15(31)40-17-9-7-16(11-18(17)36-6)8-10-21(32)37-12-19-22(33)26(35)30(42-19)14-39-29(4,5)44-25-23(34)24-20(41-27(25)45-30)13-38-28(2,3)43-24/h7-11,19-20,22-27,33-35H,12-14H2,1-6H3/b10-8+/t19-,20-,22-,23+,24-,25-,26+,27-,30+/m1/s1. The van der Waals surface area contributed by atoms with Gasteiger partial charge in [0, 0.05) is 13.0 Å². The van der Waals surface area contributed by atoms with Gasteiger partial charge in [-0.25, -0.2) is 4.79 Å². The Balaban J connectivity index is 1.26. The van der Waals surface area contributed by atoms with Gasteiger partial charge in [0.25, 0.3) is 0 Å². The van der Waals surface area contributed by atoms with Crippen LogP contribution in [0.4, 0.5) is 0 Å². The van der Waals surface area contributed by atoms with Gasteiger partial charge in [-0.15, -0.1) is 0 Å². The molecule has 0 amide bonds. The minimum Gasteiger partial charge on any atom is -0.493 e. The van der Waals surface area contributed by atoms with E-state index in [9.17, 15) is 24.9 Å². The number of esters is 2. The second kappa shape index (κ2) is 12.8. The van der Waals surface area contributed by atoms with Gasteiger partial charge in [0.2, 0.25) is 5.79 Å². The zero-order chi connectivity index (χ0) is 32.7. The topological polar surface area (TPSA) is 187 Å². The Morgan fingerprint density at radius 3 is 2.38 bits per heavy atom. The maximum Gasteiger partial charge on any atom is 0.330 e. The van der Waals surface area contributed by atoms with Crippen LogP contribution in [0.25, 0.3) is 6.08 Å². The number of carbonyl (C=O) groups excluding carboxylic acids is 2. The van der Waals surface area contributed by atoms with Crippen LogP contribution in [0.2, 0.25) is 0 Å². The molecule has 4 aliphatic heterocycles. The molecular weight excluding hydrogens is 600 g/mol. The quantitative estimate of drug-likeness (QED) is 0.220. The van der Waals surface area contributed by atoms with Crippen LogP contribution in [0, 0.1) is 0 Å². The van der Waals surface area contributed by atoms with Crippen molar-refractivity contribution in [2.24, 2.45) is 0 Å². The Bertz CT molecular complexity index is 1280. The summed E-state index contributed by atoms with van der Waals surface area (Å²) in [5.74, 6) is -5.00. The van der Waals surface area contributed by atoms with Crippen LogP contribution < -0.4 is 9.47 Å². The van der Waals surface area contributed by atoms with E-state index in [1.165, 1.54) is 26.2 Å². The highest BCUT2D eigenvalue weighted by Gasteiger charge is 2.62. The second-order valence-electron chi connectivity index (χ2n) is 12.1. The van der Waals surface area contributed by atoms with E-state index in [2.05, 4.69) is 0 Å². The summed E-state index contributed by atoms with van der Waals surface area (Å²) >= 11 is 0. The van der Waals surface area contributed by atoms with Crippen molar-refractivity contribution in [3.63, 3.8) is 0 Å². The molecule has 15 nitrogen and oxygen atoms in total. The maximum absolute atomic E-state index is 12.5. The first-order valence-corrected chi connectivity index (χ1v) is 14.5. The van der Waals surface area contributed by atoms with Gasteiger partial charge >= 0.3 is 11.9 Å². The highest BCUT2D eigenvalue weighted by atomic mass is 16.8. The molecule has 0 saturated carbocycles. The third-order valence-electron chi connectivity index (χ3n) is 7.74. The van der Waals surface area contributed by atoms with Crippen LogP contribution >= 0.6 is 0 Å². The predicted octanol–water partition coefficient (Wildman–Crippen LogP) is 0.399. The van der Waals surface area contributed by atoms with E-state index in [-0.39, 0.29) is 18.1 Å². The van der Waals surface area contributed by atoms with E-state index in [0.717, 1.165) is 6.08 Å². The van der Waals surface area contributed by atoms with Crippen molar-refractivity contribution in [1.82, 2.24) is 0 Å². The molecule has 0 radical (unpaired) electrons. The van der Waals surface area contributed by atoms with Crippen LogP contribution in [-0.4, -0.2) is 121 Å². The molecule has 9 atom stereocenters. The lowest BCUT2D eigenvalue weighted by Gasteiger charge is -2.53. The lowest BCUT2D eigenvalue weighted by molar-refractivity contribution is -0.454. The summed E-state index contributed by atoms with van der Waals surface area (Å²) < 4.78 is 57.3. The number of methoxy groups -OCH3 is 1. The molecule has 0 aromatic heterocycles. The van der Waals surface area contributed by atoms with Crippen LogP contribution in [0.1, 0.15) is 40.2 Å². The number of aliphatic hydroxyl groups is 3. The smallest absolute Gasteiger partial charge is 0.330 e. The van der Waals surface area contributed by atoms with E-state index < -0.39 is 91.5 Å². The average molecular weight is 641 g/mol. The van der Waals surface area contributed by atoms with Crippen molar-refractivity contribution < 1.29 is 72.3 Å². The van der Waals surface area contributed by atoms with Crippen LogP contribution in [0.15, 0.2) is 24.3 Å². The predicted molar refractivity (Wildman–Crippen MR) is 149 cm³/mol. The van der Waals surface area contributed by atoms with Gasteiger partial charge in [0.05, 0.1) is 13.7 Å². The Morgan fingerprint density at radius 1 is 0.956 bits per heavy atom. The summed E-state index contributed by atoms with van der Waals surface area (Å²) in [6, 6.07) is 4.69. The lowest BCUT2D eigenvalue weighted by atomic mass is 9.96. The molecule has 1 aromatic carbocycles. The minimum absolute atomic E-state index is 0.0927. The Hall–Kier alpha value is -2.70. The Kier molecular flexibility index (Phi) is 9.60. The number of benzene rings is 1. The van der Waals surface area contributed by atoms with Crippen LogP contribution in [0.3, 0.4) is 0 Å². The molecule has 4 heterocycles. The van der Waals surface area contributed by atoms with Crippen LogP contribution in [0.5, 0.6) is 11.5 Å². The molecule has 250 valence electrons. The third-order valence-corrected chi connectivity index (χ3v) is 7.74. The molecular formula is C30H40O15. The zero-order valence-corrected chi connectivity index (χ0v) is 25.9. The zero-order valence-electron chi connectivity index (χ0n) is 25.9.